The first-order valence-corrected chi connectivity index (χ1v) is 14.5. The Balaban J connectivity index is 1.58. The predicted molar refractivity (Wildman–Crippen MR) is 158 cm³/mol. The molecule has 0 fully saturated rings. The Labute approximate surface area is 241 Å². The van der Waals surface area contributed by atoms with Crippen molar-refractivity contribution in [2.75, 3.05) is 27.1 Å². The van der Waals surface area contributed by atoms with E-state index in [1.54, 1.807) is 14.0 Å². The third-order valence-corrected chi connectivity index (χ3v) is 7.70. The highest BCUT2D eigenvalue weighted by Crippen LogP contribution is 2.44. The fraction of sp³-hybridized carbons (Fsp3) is 0.323. The molecule has 10 heteroatoms. The Morgan fingerprint density at radius 2 is 1.83 bits per heavy atom. The smallest absolute Gasteiger partial charge is 0.355 e. The number of aromatic nitrogens is 3. The van der Waals surface area contributed by atoms with Crippen LogP contribution in [0.2, 0.25) is 0 Å². The van der Waals surface area contributed by atoms with Crippen LogP contribution in [-0.2, 0) is 11.3 Å². The SMILES string of the molecule is CCCCCOc1cc2c(cc1OC)c(-c1ccc3c(c1)OCO3)c(C(=O)OCC)n2Cc1ccc2nsnc2c1. The molecule has 5 aromatic rings. The number of benzene rings is 3. The molecule has 1 aliphatic rings. The molecule has 0 atom stereocenters. The normalized spacial score (nSPS) is 12.3. The van der Waals surface area contributed by atoms with Gasteiger partial charge in [-0.1, -0.05) is 31.9 Å². The molecule has 0 amide bonds. The molecule has 0 N–H and O–H groups in total. The van der Waals surface area contributed by atoms with E-state index in [0.29, 0.717) is 41.8 Å². The highest BCUT2D eigenvalue weighted by atomic mass is 32.1. The summed E-state index contributed by atoms with van der Waals surface area (Å²) in [6, 6.07) is 15.6. The Morgan fingerprint density at radius 1 is 0.976 bits per heavy atom. The molecule has 41 heavy (non-hydrogen) atoms. The van der Waals surface area contributed by atoms with Gasteiger partial charge in [-0.05, 0) is 54.8 Å². The van der Waals surface area contributed by atoms with Crippen LogP contribution in [0.5, 0.6) is 23.0 Å². The van der Waals surface area contributed by atoms with E-state index in [4.69, 9.17) is 23.7 Å². The van der Waals surface area contributed by atoms with E-state index in [9.17, 15) is 4.79 Å². The fourth-order valence-electron chi connectivity index (χ4n) is 5.19. The molecule has 9 nitrogen and oxygen atoms in total. The van der Waals surface area contributed by atoms with E-state index in [1.807, 2.05) is 53.1 Å². The average Bonchev–Trinajstić information content (AvgIpc) is 3.72. The van der Waals surface area contributed by atoms with Crippen molar-refractivity contribution >= 4 is 39.6 Å². The van der Waals surface area contributed by atoms with E-state index >= 15 is 0 Å². The number of carbonyl (C=O) groups excluding carboxylic acids is 1. The highest BCUT2D eigenvalue weighted by molar-refractivity contribution is 7.00. The Kier molecular flexibility index (Phi) is 7.65. The maximum Gasteiger partial charge on any atom is 0.355 e. The summed E-state index contributed by atoms with van der Waals surface area (Å²) in [5.74, 6) is 2.10. The van der Waals surface area contributed by atoms with Crippen LogP contribution in [0.4, 0.5) is 0 Å². The van der Waals surface area contributed by atoms with E-state index in [0.717, 1.165) is 57.9 Å². The van der Waals surface area contributed by atoms with Gasteiger partial charge < -0.3 is 28.3 Å². The number of unbranched alkanes of at least 4 members (excludes halogenated alkanes) is 2. The molecular weight excluding hydrogens is 542 g/mol. The van der Waals surface area contributed by atoms with Crippen LogP contribution < -0.4 is 18.9 Å². The number of fused-ring (bicyclic) bond motifs is 3. The van der Waals surface area contributed by atoms with Crippen LogP contribution in [0.1, 0.15) is 49.2 Å². The van der Waals surface area contributed by atoms with Crippen LogP contribution >= 0.6 is 11.7 Å². The monoisotopic (exact) mass is 573 g/mol. The lowest BCUT2D eigenvalue weighted by molar-refractivity contribution is 0.0516. The molecule has 0 unspecified atom stereocenters. The first kappa shape index (κ1) is 26.9. The minimum absolute atomic E-state index is 0.159. The van der Waals surface area contributed by atoms with Crippen molar-refractivity contribution in [1.82, 2.24) is 13.3 Å². The van der Waals surface area contributed by atoms with Gasteiger partial charge in [-0.3, -0.25) is 0 Å². The number of carbonyl (C=O) groups is 1. The molecule has 0 spiro atoms. The molecule has 3 heterocycles. The summed E-state index contributed by atoms with van der Waals surface area (Å²) in [6.45, 7) is 5.35. The quantitative estimate of drug-likeness (QED) is 0.125. The van der Waals surface area contributed by atoms with E-state index in [-0.39, 0.29) is 13.4 Å². The number of hydrogen-bond acceptors (Lipinski definition) is 9. The second-order valence-corrected chi connectivity index (χ2v) is 10.3. The maximum absolute atomic E-state index is 13.7. The van der Waals surface area contributed by atoms with Crippen molar-refractivity contribution in [3.63, 3.8) is 0 Å². The van der Waals surface area contributed by atoms with Crippen molar-refractivity contribution in [2.45, 2.75) is 39.7 Å². The van der Waals surface area contributed by atoms with Gasteiger partial charge in [-0.15, -0.1) is 0 Å². The largest absolute Gasteiger partial charge is 0.493 e. The third-order valence-electron chi connectivity index (χ3n) is 7.14. The highest BCUT2D eigenvalue weighted by Gasteiger charge is 2.28. The summed E-state index contributed by atoms with van der Waals surface area (Å²) < 4.78 is 39.6. The van der Waals surface area contributed by atoms with E-state index < -0.39 is 5.97 Å². The third kappa shape index (κ3) is 5.15. The molecule has 0 aliphatic carbocycles. The first-order valence-electron chi connectivity index (χ1n) is 13.8. The maximum atomic E-state index is 13.7. The molecule has 1 aliphatic heterocycles. The summed E-state index contributed by atoms with van der Waals surface area (Å²) in [4.78, 5) is 13.7. The molecule has 2 aromatic heterocycles. The Morgan fingerprint density at radius 3 is 2.66 bits per heavy atom. The molecule has 6 rings (SSSR count). The minimum atomic E-state index is -0.419. The van der Waals surface area contributed by atoms with Crippen LogP contribution in [0, 0.1) is 0 Å². The van der Waals surface area contributed by atoms with Gasteiger partial charge in [-0.2, -0.15) is 8.75 Å². The van der Waals surface area contributed by atoms with Gasteiger partial charge in [0.05, 0.1) is 37.6 Å². The second kappa shape index (κ2) is 11.7. The van der Waals surface area contributed by atoms with Crippen LogP contribution in [0.3, 0.4) is 0 Å². The van der Waals surface area contributed by atoms with Crippen LogP contribution in [0.15, 0.2) is 48.5 Å². The van der Waals surface area contributed by atoms with Crippen LogP contribution in [0.25, 0.3) is 33.1 Å². The summed E-state index contributed by atoms with van der Waals surface area (Å²) in [6.07, 6.45) is 3.12. The number of esters is 1. The number of rotatable bonds is 11. The molecule has 212 valence electrons. The molecule has 0 saturated heterocycles. The van der Waals surface area contributed by atoms with Crippen LogP contribution in [-0.4, -0.2) is 46.4 Å². The lowest BCUT2D eigenvalue weighted by Crippen LogP contribution is -2.14. The Bertz CT molecular complexity index is 1730. The molecule has 0 saturated carbocycles. The Hall–Kier alpha value is -4.31. The molecule has 0 bridgehead atoms. The summed E-state index contributed by atoms with van der Waals surface area (Å²) >= 11 is 1.18. The van der Waals surface area contributed by atoms with Crippen molar-refractivity contribution in [2.24, 2.45) is 0 Å². The van der Waals surface area contributed by atoms with Gasteiger partial charge in [0.15, 0.2) is 23.0 Å². The minimum Gasteiger partial charge on any atom is -0.493 e. The van der Waals surface area contributed by atoms with Gasteiger partial charge in [0.1, 0.15) is 16.7 Å². The molecule has 3 aromatic carbocycles. The van der Waals surface area contributed by atoms with E-state index in [2.05, 4.69) is 15.7 Å². The second-order valence-electron chi connectivity index (χ2n) is 9.76. The first-order chi connectivity index (χ1) is 20.1. The number of hydrogen-bond donors (Lipinski definition) is 0. The van der Waals surface area contributed by atoms with Gasteiger partial charge in [0.25, 0.3) is 0 Å². The fourth-order valence-corrected chi connectivity index (χ4v) is 5.71. The van der Waals surface area contributed by atoms with E-state index in [1.165, 1.54) is 11.7 Å². The number of ether oxygens (including phenoxy) is 5. The molecular formula is C31H31N3O6S. The zero-order valence-electron chi connectivity index (χ0n) is 23.3. The number of nitrogens with zero attached hydrogens (tertiary/aromatic N) is 3. The van der Waals surface area contributed by atoms with Gasteiger partial charge in [0.2, 0.25) is 6.79 Å². The van der Waals surface area contributed by atoms with Gasteiger partial charge in [0, 0.05) is 23.6 Å². The predicted octanol–water partition coefficient (Wildman–Crippen LogP) is 6.84. The molecule has 0 radical (unpaired) electrons. The van der Waals surface area contributed by atoms with Gasteiger partial charge in [-0.25, -0.2) is 4.79 Å². The number of methoxy groups -OCH3 is 1. The zero-order chi connectivity index (χ0) is 28.3. The van der Waals surface area contributed by atoms with Crippen molar-refractivity contribution in [1.29, 1.82) is 0 Å². The summed E-state index contributed by atoms with van der Waals surface area (Å²) in [5.41, 5.74) is 5.43. The average molecular weight is 574 g/mol. The van der Waals surface area contributed by atoms with Crippen molar-refractivity contribution < 1.29 is 28.5 Å². The lowest BCUT2D eigenvalue weighted by atomic mass is 10.0. The van der Waals surface area contributed by atoms with Crippen molar-refractivity contribution in [3.8, 4) is 34.1 Å². The van der Waals surface area contributed by atoms with Gasteiger partial charge >= 0.3 is 5.97 Å². The topological polar surface area (TPSA) is 93.9 Å². The zero-order valence-corrected chi connectivity index (χ0v) is 24.1. The lowest BCUT2D eigenvalue weighted by Gasteiger charge is -2.14. The van der Waals surface area contributed by atoms with Crippen molar-refractivity contribution in [3.05, 3.63) is 59.8 Å². The summed E-state index contributed by atoms with van der Waals surface area (Å²) in [7, 11) is 1.63. The standard InChI is InChI=1S/C31H31N3O6S/c1-4-6-7-12-38-28-16-24-21(15-26(28)36-3)29(20-9-11-25-27(14-20)40-18-39-25)30(31(35)37-5-2)34(24)17-19-8-10-22-23(13-19)33-41-32-22/h8-11,13-16H,4-7,12,17-18H2,1-3H3. The summed E-state index contributed by atoms with van der Waals surface area (Å²) in [5, 5.41) is 0.834.